The number of benzene rings is 2. The molecule has 0 aliphatic carbocycles. The van der Waals surface area contributed by atoms with Gasteiger partial charge in [0.2, 0.25) is 0 Å². The number of amides is 2. The van der Waals surface area contributed by atoms with Crippen LogP contribution in [0, 0.1) is 0 Å². The average molecular weight is 310 g/mol. The van der Waals surface area contributed by atoms with Crippen molar-refractivity contribution in [1.82, 2.24) is 5.32 Å². The Hall–Kier alpha value is -3.08. The molecule has 2 amide bonds. The summed E-state index contributed by atoms with van der Waals surface area (Å²) in [6.45, 7) is 4.15. The summed E-state index contributed by atoms with van der Waals surface area (Å²) in [4.78, 5) is 23.4. The van der Waals surface area contributed by atoms with Crippen molar-refractivity contribution in [3.05, 3.63) is 78.4 Å². The van der Waals surface area contributed by atoms with Crippen LogP contribution in [0.2, 0.25) is 0 Å². The van der Waals surface area contributed by atoms with Crippen LogP contribution in [0.15, 0.2) is 67.3 Å². The van der Waals surface area contributed by atoms with Crippen LogP contribution in [0.3, 0.4) is 0 Å². The molecule has 0 heterocycles. The molecule has 0 unspecified atom stereocenters. The Morgan fingerprint density at radius 1 is 1.04 bits per heavy atom. The van der Waals surface area contributed by atoms with Crippen LogP contribution >= 0.6 is 0 Å². The maximum absolute atomic E-state index is 11.7. The molecule has 5 heteroatoms. The fourth-order valence-corrected chi connectivity index (χ4v) is 1.85. The molecule has 0 radical (unpaired) electrons. The number of rotatable bonds is 6. The summed E-state index contributed by atoms with van der Waals surface area (Å²) in [5.74, 6) is -0.192. The molecule has 2 rings (SSSR count). The molecule has 0 bridgehead atoms. The Morgan fingerprint density at radius 3 is 2.39 bits per heavy atom. The van der Waals surface area contributed by atoms with Gasteiger partial charge < -0.3 is 10.1 Å². The van der Waals surface area contributed by atoms with Gasteiger partial charge in [0.15, 0.2) is 0 Å². The van der Waals surface area contributed by atoms with Gasteiger partial charge in [-0.15, -0.1) is 6.58 Å². The minimum absolute atomic E-state index is 0.192. The van der Waals surface area contributed by atoms with Crippen LogP contribution in [0.25, 0.3) is 0 Å². The van der Waals surface area contributed by atoms with Gasteiger partial charge in [0.25, 0.3) is 5.91 Å². The fraction of sp³-hybridized carbons (Fsp3) is 0.111. The first-order chi connectivity index (χ1) is 11.2. The Balaban J connectivity index is 1.84. The molecule has 0 atom stereocenters. The molecule has 0 fully saturated rings. The van der Waals surface area contributed by atoms with Crippen LogP contribution in [0.5, 0.6) is 0 Å². The van der Waals surface area contributed by atoms with Crippen molar-refractivity contribution in [3.63, 3.8) is 0 Å². The van der Waals surface area contributed by atoms with Crippen molar-refractivity contribution in [2.45, 2.75) is 6.61 Å². The molecule has 2 N–H and O–H groups in total. The van der Waals surface area contributed by atoms with E-state index in [0.29, 0.717) is 17.8 Å². The molecular formula is C18H18N2O3. The first kappa shape index (κ1) is 16.3. The molecule has 0 aliphatic heterocycles. The molecule has 118 valence electrons. The third kappa shape index (κ3) is 5.32. The molecule has 5 nitrogen and oxygen atoms in total. The molecule has 0 saturated carbocycles. The highest BCUT2D eigenvalue weighted by atomic mass is 16.5. The second-order valence-electron chi connectivity index (χ2n) is 4.76. The van der Waals surface area contributed by atoms with Crippen LogP contribution in [-0.4, -0.2) is 18.5 Å². The van der Waals surface area contributed by atoms with E-state index in [1.165, 1.54) is 0 Å². The third-order valence-electron chi connectivity index (χ3n) is 3.01. The zero-order valence-electron chi connectivity index (χ0n) is 12.6. The Morgan fingerprint density at radius 2 is 1.74 bits per heavy atom. The van der Waals surface area contributed by atoms with Gasteiger partial charge in [-0.25, -0.2) is 4.79 Å². The topological polar surface area (TPSA) is 67.4 Å². The first-order valence-electron chi connectivity index (χ1n) is 7.16. The van der Waals surface area contributed by atoms with Crippen LogP contribution < -0.4 is 10.6 Å². The highest BCUT2D eigenvalue weighted by Gasteiger charge is 2.06. The smallest absolute Gasteiger partial charge is 0.411 e. The van der Waals surface area contributed by atoms with Crippen molar-refractivity contribution in [1.29, 1.82) is 0 Å². The Kier molecular flexibility index (Phi) is 5.94. The van der Waals surface area contributed by atoms with E-state index in [2.05, 4.69) is 17.2 Å². The summed E-state index contributed by atoms with van der Waals surface area (Å²) in [6, 6.07) is 16.0. The number of anilines is 1. The van der Waals surface area contributed by atoms with Gasteiger partial charge in [0.05, 0.1) is 0 Å². The highest BCUT2D eigenvalue weighted by Crippen LogP contribution is 2.10. The molecule has 2 aromatic rings. The Labute approximate surface area is 135 Å². The second kappa shape index (κ2) is 8.38. The van der Waals surface area contributed by atoms with Gasteiger partial charge in [-0.2, -0.15) is 0 Å². The lowest BCUT2D eigenvalue weighted by Crippen LogP contribution is -2.23. The lowest BCUT2D eigenvalue weighted by Gasteiger charge is -2.08. The van der Waals surface area contributed by atoms with Gasteiger partial charge in [-0.05, 0) is 29.8 Å². The maximum atomic E-state index is 11.7. The lowest BCUT2D eigenvalue weighted by molar-refractivity contribution is 0.0958. The fourth-order valence-electron chi connectivity index (χ4n) is 1.85. The summed E-state index contributed by atoms with van der Waals surface area (Å²) in [7, 11) is 0. The molecular weight excluding hydrogens is 292 g/mol. The van der Waals surface area contributed by atoms with Crippen molar-refractivity contribution < 1.29 is 14.3 Å². The summed E-state index contributed by atoms with van der Waals surface area (Å²) in [6.07, 6.45) is 1.06. The van der Waals surface area contributed by atoms with Gasteiger partial charge in [0, 0.05) is 17.8 Å². The van der Waals surface area contributed by atoms with Crippen molar-refractivity contribution in [3.8, 4) is 0 Å². The molecule has 0 aliphatic rings. The highest BCUT2D eigenvalue weighted by molar-refractivity contribution is 5.95. The van der Waals surface area contributed by atoms with Crippen LogP contribution in [0.4, 0.5) is 10.5 Å². The number of nitrogens with one attached hydrogen (secondary N) is 2. The average Bonchev–Trinajstić information content (AvgIpc) is 2.59. The summed E-state index contributed by atoms with van der Waals surface area (Å²) in [5, 5.41) is 5.29. The minimum Gasteiger partial charge on any atom is -0.444 e. The molecule has 23 heavy (non-hydrogen) atoms. The zero-order valence-corrected chi connectivity index (χ0v) is 12.6. The molecule has 0 aromatic heterocycles. The standard InChI is InChI=1S/C18H18N2O3/c1-2-12-19-17(21)15-8-10-16(11-9-15)20-18(22)23-13-14-6-4-3-5-7-14/h2-11H,1,12-13H2,(H,19,21)(H,20,22). The molecule has 0 spiro atoms. The number of hydrogen-bond acceptors (Lipinski definition) is 3. The Bertz CT molecular complexity index is 666. The van der Waals surface area contributed by atoms with Gasteiger partial charge in [-0.3, -0.25) is 10.1 Å². The van der Waals surface area contributed by atoms with E-state index in [4.69, 9.17) is 4.74 Å². The largest absolute Gasteiger partial charge is 0.444 e. The van der Waals surface area contributed by atoms with Gasteiger partial charge in [-0.1, -0.05) is 36.4 Å². The maximum Gasteiger partial charge on any atom is 0.411 e. The predicted octanol–water partition coefficient (Wildman–Crippen LogP) is 3.35. The van der Waals surface area contributed by atoms with Gasteiger partial charge in [0.1, 0.15) is 6.61 Å². The second-order valence-corrected chi connectivity index (χ2v) is 4.76. The summed E-state index contributed by atoms with van der Waals surface area (Å²) in [5.41, 5.74) is 1.98. The quantitative estimate of drug-likeness (QED) is 0.804. The first-order valence-corrected chi connectivity index (χ1v) is 7.16. The predicted molar refractivity (Wildman–Crippen MR) is 89.2 cm³/mol. The van der Waals surface area contributed by atoms with Crippen molar-refractivity contribution >= 4 is 17.7 Å². The summed E-state index contributed by atoms with van der Waals surface area (Å²) < 4.78 is 5.12. The number of hydrogen-bond donors (Lipinski definition) is 2. The van der Waals surface area contributed by atoms with E-state index >= 15 is 0 Å². The normalized spacial score (nSPS) is 9.74. The van der Waals surface area contributed by atoms with E-state index in [-0.39, 0.29) is 12.5 Å². The van der Waals surface area contributed by atoms with E-state index in [1.54, 1.807) is 30.3 Å². The molecule has 2 aromatic carbocycles. The van der Waals surface area contributed by atoms with E-state index < -0.39 is 6.09 Å². The zero-order chi connectivity index (χ0) is 16.5. The van der Waals surface area contributed by atoms with Crippen LogP contribution in [0.1, 0.15) is 15.9 Å². The van der Waals surface area contributed by atoms with Crippen molar-refractivity contribution in [2.75, 3.05) is 11.9 Å². The summed E-state index contributed by atoms with van der Waals surface area (Å²) >= 11 is 0. The minimum atomic E-state index is -0.544. The van der Waals surface area contributed by atoms with Crippen molar-refractivity contribution in [2.24, 2.45) is 0 Å². The number of carbonyl (C=O) groups is 2. The molecule has 0 saturated heterocycles. The van der Waals surface area contributed by atoms with Gasteiger partial charge >= 0.3 is 6.09 Å². The third-order valence-corrected chi connectivity index (χ3v) is 3.01. The number of carbonyl (C=O) groups excluding carboxylic acids is 2. The number of ether oxygens (including phenoxy) is 1. The SMILES string of the molecule is C=CCNC(=O)c1ccc(NC(=O)OCc2ccccc2)cc1. The monoisotopic (exact) mass is 310 g/mol. The van der Waals surface area contributed by atoms with E-state index in [0.717, 1.165) is 5.56 Å². The van der Waals surface area contributed by atoms with Crippen LogP contribution in [-0.2, 0) is 11.3 Å². The van der Waals surface area contributed by atoms with E-state index in [1.807, 2.05) is 30.3 Å². The van der Waals surface area contributed by atoms with E-state index in [9.17, 15) is 9.59 Å². The lowest BCUT2D eigenvalue weighted by atomic mass is 10.2.